The van der Waals surface area contributed by atoms with E-state index < -0.39 is 5.54 Å². The molecule has 1 aliphatic heterocycles. The van der Waals surface area contributed by atoms with Gasteiger partial charge in [-0.3, -0.25) is 19.2 Å². The zero-order valence-corrected chi connectivity index (χ0v) is 20.8. The molecule has 2 aromatic rings. The van der Waals surface area contributed by atoms with Crippen molar-refractivity contribution < 1.29 is 9.59 Å². The van der Waals surface area contributed by atoms with E-state index in [-0.39, 0.29) is 23.8 Å². The van der Waals surface area contributed by atoms with E-state index in [2.05, 4.69) is 25.2 Å². The van der Waals surface area contributed by atoms with Crippen molar-refractivity contribution in [1.82, 2.24) is 15.1 Å². The zero-order valence-electron chi connectivity index (χ0n) is 20.8. The molecule has 0 bridgehead atoms. The molecular weight excluding hydrogens is 412 g/mol. The van der Waals surface area contributed by atoms with Crippen LogP contribution in [-0.4, -0.2) is 33.2 Å². The molecule has 1 fully saturated rings. The van der Waals surface area contributed by atoms with E-state index in [0.29, 0.717) is 12.2 Å². The molecule has 0 unspecified atom stereocenters. The Morgan fingerprint density at radius 2 is 1.76 bits per heavy atom. The molecule has 6 heteroatoms. The minimum absolute atomic E-state index is 0.0892. The number of rotatable bonds is 4. The zero-order chi connectivity index (χ0) is 23.8. The van der Waals surface area contributed by atoms with E-state index in [1.165, 1.54) is 19.3 Å². The number of aryl methyl sites for hydroxylation is 2. The maximum Gasteiger partial charge on any atom is 0.277 e. The lowest BCUT2D eigenvalue weighted by Gasteiger charge is -2.44. The Morgan fingerprint density at radius 3 is 2.39 bits per heavy atom. The first-order valence-corrected chi connectivity index (χ1v) is 12.5. The molecular formula is C27H38N4O2. The molecule has 6 nitrogen and oxygen atoms in total. The van der Waals surface area contributed by atoms with Crippen LogP contribution in [0.4, 0.5) is 5.69 Å². The van der Waals surface area contributed by atoms with Crippen molar-refractivity contribution >= 4 is 17.5 Å². The molecule has 2 amide bonds. The van der Waals surface area contributed by atoms with Crippen molar-refractivity contribution in [2.24, 2.45) is 0 Å². The highest BCUT2D eigenvalue weighted by molar-refractivity contribution is 6.12. The maximum atomic E-state index is 13.9. The largest absolute Gasteiger partial charge is 0.351 e. The molecule has 1 aliphatic carbocycles. The minimum Gasteiger partial charge on any atom is -0.351 e. The van der Waals surface area contributed by atoms with E-state index in [4.69, 9.17) is 5.10 Å². The first kappa shape index (κ1) is 23.5. The highest BCUT2D eigenvalue weighted by atomic mass is 16.2. The van der Waals surface area contributed by atoms with Crippen molar-refractivity contribution in [3.8, 4) is 0 Å². The van der Waals surface area contributed by atoms with E-state index >= 15 is 0 Å². The Balaban J connectivity index is 1.74. The summed E-state index contributed by atoms with van der Waals surface area (Å²) in [6.45, 7) is 10.4. The quantitative estimate of drug-likeness (QED) is 0.690. The Hall–Kier alpha value is -2.63. The summed E-state index contributed by atoms with van der Waals surface area (Å²) in [7, 11) is 0. The number of aromatic nitrogens is 2. The predicted molar refractivity (Wildman–Crippen MR) is 132 cm³/mol. The molecule has 1 N–H and O–H groups in total. The van der Waals surface area contributed by atoms with E-state index in [1.807, 2.05) is 39.0 Å². The van der Waals surface area contributed by atoms with E-state index in [1.54, 1.807) is 9.58 Å². The lowest BCUT2D eigenvalue weighted by Crippen LogP contribution is -2.65. The third-order valence-electron chi connectivity index (χ3n) is 7.29. The number of nitrogens with zero attached hydrogens (tertiary/aromatic N) is 3. The number of carbonyl (C=O) groups excluding carboxylic acids is 2. The number of amides is 2. The third-order valence-corrected chi connectivity index (χ3v) is 7.29. The molecule has 0 radical (unpaired) electrons. The van der Waals surface area contributed by atoms with Crippen LogP contribution in [0.25, 0.3) is 0 Å². The molecule has 33 heavy (non-hydrogen) atoms. The fraction of sp³-hybridized carbons (Fsp3) is 0.593. The molecule has 4 rings (SSSR count). The second-order valence-corrected chi connectivity index (χ2v) is 10.5. The van der Waals surface area contributed by atoms with Gasteiger partial charge in [-0.2, -0.15) is 5.10 Å². The smallest absolute Gasteiger partial charge is 0.277 e. The van der Waals surface area contributed by atoms with Crippen molar-refractivity contribution in [2.45, 2.75) is 104 Å². The Morgan fingerprint density at radius 1 is 1.09 bits per heavy atom. The van der Waals surface area contributed by atoms with Crippen molar-refractivity contribution in [3.05, 3.63) is 46.8 Å². The second kappa shape index (κ2) is 9.32. The maximum absolute atomic E-state index is 13.9. The first-order chi connectivity index (χ1) is 15.7. The van der Waals surface area contributed by atoms with Crippen LogP contribution in [0.2, 0.25) is 0 Å². The molecule has 1 aromatic heterocycles. The molecule has 1 saturated carbocycles. The summed E-state index contributed by atoms with van der Waals surface area (Å²) in [5, 5.41) is 8.04. The summed E-state index contributed by atoms with van der Waals surface area (Å²) in [5.74, 6) is -0.0444. The second-order valence-electron chi connectivity index (χ2n) is 10.5. The summed E-state index contributed by atoms with van der Waals surface area (Å²) >= 11 is 0. The molecule has 0 spiro atoms. The first-order valence-electron chi connectivity index (χ1n) is 12.5. The highest BCUT2D eigenvalue weighted by Gasteiger charge is 2.49. The average molecular weight is 451 g/mol. The topological polar surface area (TPSA) is 67.2 Å². The molecule has 2 heterocycles. The van der Waals surface area contributed by atoms with Gasteiger partial charge in [-0.25, -0.2) is 0 Å². The number of anilines is 1. The molecule has 1 atom stereocenters. The van der Waals surface area contributed by atoms with E-state index in [0.717, 1.165) is 48.2 Å². The summed E-state index contributed by atoms with van der Waals surface area (Å²) in [6.07, 6.45) is 8.03. The number of hydrogen-bond donors (Lipinski definition) is 1. The number of fused-ring (bicyclic) bond motifs is 1. The van der Waals surface area contributed by atoms with Crippen LogP contribution in [0.5, 0.6) is 0 Å². The lowest BCUT2D eigenvalue weighted by atomic mass is 9.91. The number of benzene rings is 1. The van der Waals surface area contributed by atoms with Crippen molar-refractivity contribution in [3.63, 3.8) is 0 Å². The normalized spacial score (nSPS) is 22.1. The molecule has 178 valence electrons. The van der Waals surface area contributed by atoms with Gasteiger partial charge in [0.15, 0.2) is 0 Å². The van der Waals surface area contributed by atoms with Crippen LogP contribution < -0.4 is 10.2 Å². The number of hydrogen-bond acceptors (Lipinski definition) is 3. The van der Waals surface area contributed by atoms with Gasteiger partial charge >= 0.3 is 0 Å². The van der Waals surface area contributed by atoms with Crippen LogP contribution in [0.3, 0.4) is 0 Å². The highest BCUT2D eigenvalue weighted by Crippen LogP contribution is 2.36. The SMILES string of the molecule is Cc1ccc(N2C(=O)c3cc(C(C)C)nn3C[C@]2(C)C(=O)NC2CCCCCCC2)c(C)c1. The molecule has 2 aliphatic rings. The summed E-state index contributed by atoms with van der Waals surface area (Å²) in [4.78, 5) is 29.5. The lowest BCUT2D eigenvalue weighted by molar-refractivity contribution is -0.127. The van der Waals surface area contributed by atoms with Gasteiger partial charge in [0.05, 0.1) is 12.2 Å². The standard InChI is InChI=1S/C27H38N4O2/c1-18(2)22-16-24-25(32)31(23-14-13-19(3)15-20(23)4)27(5,17-30(24)29-22)26(33)28-21-11-9-7-6-8-10-12-21/h13-16,18,21H,6-12,17H2,1-5H3,(H,28,33)/t27-/m1/s1. The number of nitrogens with one attached hydrogen (secondary N) is 1. The van der Waals surface area contributed by atoms with Gasteiger partial charge in [0.2, 0.25) is 5.91 Å². The minimum atomic E-state index is -1.06. The monoisotopic (exact) mass is 450 g/mol. The Bertz CT molecular complexity index is 1030. The molecule has 0 saturated heterocycles. The summed E-state index contributed by atoms with van der Waals surface area (Å²) in [6, 6.07) is 8.10. The average Bonchev–Trinajstić information content (AvgIpc) is 3.15. The fourth-order valence-electron chi connectivity index (χ4n) is 5.26. The Kier molecular flexibility index (Phi) is 6.64. The van der Waals surface area contributed by atoms with Crippen molar-refractivity contribution in [2.75, 3.05) is 4.90 Å². The van der Waals surface area contributed by atoms with Gasteiger partial charge in [0.25, 0.3) is 5.91 Å². The van der Waals surface area contributed by atoms with Gasteiger partial charge in [0, 0.05) is 11.7 Å². The third kappa shape index (κ3) is 4.57. The summed E-state index contributed by atoms with van der Waals surface area (Å²) in [5.41, 5.74) is 3.28. The van der Waals surface area contributed by atoms with Gasteiger partial charge in [-0.15, -0.1) is 0 Å². The van der Waals surface area contributed by atoms with Crippen LogP contribution in [-0.2, 0) is 11.3 Å². The summed E-state index contributed by atoms with van der Waals surface area (Å²) < 4.78 is 1.75. The van der Waals surface area contributed by atoms with E-state index in [9.17, 15) is 9.59 Å². The van der Waals surface area contributed by atoms with Crippen LogP contribution in [0, 0.1) is 13.8 Å². The molecule has 1 aromatic carbocycles. The van der Waals surface area contributed by atoms with Crippen LogP contribution in [0.1, 0.15) is 98.9 Å². The van der Waals surface area contributed by atoms with Crippen LogP contribution in [0.15, 0.2) is 24.3 Å². The van der Waals surface area contributed by atoms with Gasteiger partial charge < -0.3 is 5.32 Å². The van der Waals surface area contributed by atoms with Gasteiger partial charge in [-0.1, -0.05) is 63.6 Å². The van der Waals surface area contributed by atoms with Crippen molar-refractivity contribution in [1.29, 1.82) is 0 Å². The Labute approximate surface area is 197 Å². The number of carbonyl (C=O) groups is 2. The van der Waals surface area contributed by atoms with Gasteiger partial charge in [-0.05, 0) is 57.2 Å². The predicted octanol–water partition coefficient (Wildman–Crippen LogP) is 5.27. The fourth-order valence-corrected chi connectivity index (χ4v) is 5.26. The van der Waals surface area contributed by atoms with Crippen LogP contribution >= 0.6 is 0 Å². The van der Waals surface area contributed by atoms with Gasteiger partial charge in [0.1, 0.15) is 11.2 Å².